The Balaban J connectivity index is 1.32. The molecule has 5 nitrogen and oxygen atoms in total. The fourth-order valence-corrected chi connectivity index (χ4v) is 5.53. The number of thiophene rings is 1. The van der Waals surface area contributed by atoms with Crippen LogP contribution in [0.25, 0.3) is 0 Å². The van der Waals surface area contributed by atoms with Crippen LogP contribution in [-0.4, -0.2) is 11.9 Å². The van der Waals surface area contributed by atoms with Crippen LogP contribution in [0.4, 0.5) is 5.00 Å². The summed E-state index contributed by atoms with van der Waals surface area (Å²) in [5.41, 5.74) is 3.46. The third-order valence-electron chi connectivity index (χ3n) is 5.72. The van der Waals surface area contributed by atoms with Crippen molar-refractivity contribution in [2.24, 2.45) is 5.92 Å². The minimum absolute atomic E-state index is 0.0135. The number of nitrogens with one attached hydrogen (secondary N) is 2. The summed E-state index contributed by atoms with van der Waals surface area (Å²) >= 11 is 1.71. The Hall–Kier alpha value is -3.12. The molecule has 5 rings (SSSR count). The maximum atomic E-state index is 12.8. The Morgan fingerprint density at radius 3 is 2.60 bits per heavy atom. The highest BCUT2D eigenvalue weighted by Crippen LogP contribution is 2.42. The second-order valence-electron chi connectivity index (χ2n) is 7.93. The van der Waals surface area contributed by atoms with Gasteiger partial charge in [-0.1, -0.05) is 37.3 Å². The van der Waals surface area contributed by atoms with Gasteiger partial charge in [0.05, 0.1) is 11.1 Å². The number of hydrogen-bond acceptors (Lipinski definition) is 5. The van der Waals surface area contributed by atoms with E-state index in [1.54, 1.807) is 47.7 Å². The van der Waals surface area contributed by atoms with Crippen molar-refractivity contribution in [3.63, 3.8) is 0 Å². The number of rotatable bonds is 3. The normalized spacial score (nSPS) is 19.8. The molecule has 0 radical (unpaired) electrons. The van der Waals surface area contributed by atoms with Crippen molar-refractivity contribution in [3.8, 4) is 5.75 Å². The largest absolute Gasteiger partial charge is 0.423 e. The summed E-state index contributed by atoms with van der Waals surface area (Å²) in [6, 6.07) is 16.1. The van der Waals surface area contributed by atoms with Gasteiger partial charge in [0.2, 0.25) is 0 Å². The number of carbonyl (C=O) groups excluding carboxylic acids is 2. The number of hydrogen-bond donors (Lipinski definition) is 2. The number of ether oxygens (including phenoxy) is 1. The highest BCUT2D eigenvalue weighted by atomic mass is 32.1. The van der Waals surface area contributed by atoms with Crippen LogP contribution in [0, 0.1) is 5.92 Å². The Labute approximate surface area is 179 Å². The Morgan fingerprint density at radius 2 is 1.83 bits per heavy atom. The van der Waals surface area contributed by atoms with Crippen molar-refractivity contribution in [2.75, 3.05) is 5.32 Å². The summed E-state index contributed by atoms with van der Waals surface area (Å²) in [6.07, 6.45) is 2.86. The summed E-state index contributed by atoms with van der Waals surface area (Å²) in [6.45, 7) is 2.27. The average molecular weight is 419 g/mol. The Morgan fingerprint density at radius 1 is 1.07 bits per heavy atom. The van der Waals surface area contributed by atoms with Crippen LogP contribution < -0.4 is 15.4 Å². The molecule has 1 aliphatic carbocycles. The summed E-state index contributed by atoms with van der Waals surface area (Å²) in [5.74, 6) is 0.731. The minimum Gasteiger partial charge on any atom is -0.423 e. The van der Waals surface area contributed by atoms with Gasteiger partial charge in [-0.25, -0.2) is 4.79 Å². The molecule has 0 spiro atoms. The lowest BCUT2D eigenvalue weighted by atomic mass is 9.88. The van der Waals surface area contributed by atoms with Crippen molar-refractivity contribution < 1.29 is 14.3 Å². The average Bonchev–Trinajstić information content (AvgIpc) is 3.12. The van der Waals surface area contributed by atoms with E-state index in [1.807, 2.05) is 18.2 Å². The van der Waals surface area contributed by atoms with Gasteiger partial charge in [-0.3, -0.25) is 4.79 Å². The van der Waals surface area contributed by atoms with Crippen LogP contribution >= 0.6 is 11.3 Å². The van der Waals surface area contributed by atoms with E-state index in [4.69, 9.17) is 4.74 Å². The second kappa shape index (κ2) is 7.61. The third kappa shape index (κ3) is 3.48. The van der Waals surface area contributed by atoms with Gasteiger partial charge in [0.1, 0.15) is 16.9 Å². The van der Waals surface area contributed by atoms with Gasteiger partial charge >= 0.3 is 5.97 Å². The molecule has 1 aromatic heterocycles. The van der Waals surface area contributed by atoms with E-state index in [0.29, 0.717) is 17.2 Å². The van der Waals surface area contributed by atoms with Crippen LogP contribution in [0.1, 0.15) is 56.2 Å². The SMILES string of the molecule is CC1CCc2c(sc3c2C(=O)NC(c2ccc(OC(=O)c4ccccc4)cc2)N3)C1. The molecule has 3 aromatic rings. The van der Waals surface area contributed by atoms with Gasteiger partial charge in [0.25, 0.3) is 5.91 Å². The van der Waals surface area contributed by atoms with Gasteiger partial charge in [-0.05, 0) is 60.6 Å². The monoisotopic (exact) mass is 418 g/mol. The molecule has 2 aromatic carbocycles. The van der Waals surface area contributed by atoms with Crippen LogP contribution in [0.3, 0.4) is 0 Å². The van der Waals surface area contributed by atoms with Gasteiger partial charge < -0.3 is 15.4 Å². The van der Waals surface area contributed by atoms with E-state index < -0.39 is 5.97 Å². The lowest BCUT2D eigenvalue weighted by Gasteiger charge is -2.27. The fourth-order valence-electron chi connectivity index (χ4n) is 4.10. The lowest BCUT2D eigenvalue weighted by Crippen LogP contribution is -2.38. The standard InChI is InChI=1S/C24H22N2O3S/c1-14-7-12-18-19(13-14)30-23-20(18)22(27)25-21(26-23)15-8-10-17(11-9-15)29-24(28)16-5-3-2-4-6-16/h2-6,8-11,14,21,26H,7,12-13H2,1H3,(H,25,27). The van der Waals surface area contributed by atoms with E-state index >= 15 is 0 Å². The summed E-state index contributed by atoms with van der Waals surface area (Å²) in [5, 5.41) is 7.51. The van der Waals surface area contributed by atoms with Crippen molar-refractivity contribution in [3.05, 3.63) is 81.7 Å². The highest BCUT2D eigenvalue weighted by molar-refractivity contribution is 7.16. The number of esters is 1. The number of fused-ring (bicyclic) bond motifs is 3. The van der Waals surface area contributed by atoms with Crippen molar-refractivity contribution in [1.82, 2.24) is 5.32 Å². The van der Waals surface area contributed by atoms with Crippen LogP contribution in [-0.2, 0) is 12.8 Å². The van der Waals surface area contributed by atoms with E-state index in [2.05, 4.69) is 17.6 Å². The summed E-state index contributed by atoms with van der Waals surface area (Å²) < 4.78 is 5.44. The number of carbonyl (C=O) groups is 2. The predicted octanol–water partition coefficient (Wildman–Crippen LogP) is 4.95. The molecule has 1 amide bonds. The molecular weight excluding hydrogens is 396 g/mol. The number of amides is 1. The molecule has 152 valence electrons. The molecular formula is C24H22N2O3S. The molecule has 6 heteroatoms. The summed E-state index contributed by atoms with van der Waals surface area (Å²) in [4.78, 5) is 26.4. The molecule has 0 saturated carbocycles. The number of benzene rings is 2. The Kier molecular flexibility index (Phi) is 4.79. The maximum absolute atomic E-state index is 12.8. The summed E-state index contributed by atoms with van der Waals surface area (Å²) in [7, 11) is 0. The zero-order valence-corrected chi connectivity index (χ0v) is 17.4. The van der Waals surface area contributed by atoms with E-state index in [1.165, 1.54) is 10.4 Å². The molecule has 2 atom stereocenters. The zero-order valence-electron chi connectivity index (χ0n) is 16.6. The molecule has 30 heavy (non-hydrogen) atoms. The first kappa shape index (κ1) is 18.9. The van der Waals surface area contributed by atoms with Gasteiger partial charge in [0.15, 0.2) is 0 Å². The maximum Gasteiger partial charge on any atom is 0.343 e. The van der Waals surface area contributed by atoms with E-state index in [9.17, 15) is 9.59 Å². The third-order valence-corrected chi connectivity index (χ3v) is 6.91. The molecule has 0 saturated heterocycles. The van der Waals surface area contributed by atoms with Gasteiger partial charge in [-0.2, -0.15) is 0 Å². The molecule has 0 bridgehead atoms. The molecule has 2 unspecified atom stereocenters. The molecule has 0 fully saturated rings. The molecule has 2 N–H and O–H groups in total. The zero-order chi connectivity index (χ0) is 20.7. The van der Waals surface area contributed by atoms with Gasteiger partial charge in [-0.15, -0.1) is 11.3 Å². The highest BCUT2D eigenvalue weighted by Gasteiger charge is 2.33. The predicted molar refractivity (Wildman–Crippen MR) is 117 cm³/mol. The first-order chi connectivity index (χ1) is 14.6. The number of anilines is 1. The lowest BCUT2D eigenvalue weighted by molar-refractivity contribution is 0.0734. The molecule has 1 aliphatic heterocycles. The van der Waals surface area contributed by atoms with Crippen molar-refractivity contribution >= 4 is 28.2 Å². The second-order valence-corrected chi connectivity index (χ2v) is 9.04. The van der Waals surface area contributed by atoms with Crippen LogP contribution in [0.5, 0.6) is 5.75 Å². The van der Waals surface area contributed by atoms with E-state index in [-0.39, 0.29) is 12.1 Å². The van der Waals surface area contributed by atoms with E-state index in [0.717, 1.165) is 35.4 Å². The smallest absolute Gasteiger partial charge is 0.343 e. The minimum atomic E-state index is -0.393. The Bertz CT molecular complexity index is 1110. The first-order valence-electron chi connectivity index (χ1n) is 10.2. The molecule has 2 heterocycles. The quantitative estimate of drug-likeness (QED) is 0.467. The first-order valence-corrected chi connectivity index (χ1v) is 11.0. The van der Waals surface area contributed by atoms with Gasteiger partial charge in [0, 0.05) is 4.88 Å². The van der Waals surface area contributed by atoms with Crippen molar-refractivity contribution in [1.29, 1.82) is 0 Å². The molecule has 2 aliphatic rings. The van der Waals surface area contributed by atoms with Crippen molar-refractivity contribution in [2.45, 2.75) is 32.4 Å². The fraction of sp³-hybridized carbons (Fsp3) is 0.250. The van der Waals surface area contributed by atoms with Crippen LogP contribution in [0.15, 0.2) is 54.6 Å². The topological polar surface area (TPSA) is 67.4 Å². The van der Waals surface area contributed by atoms with Crippen LogP contribution in [0.2, 0.25) is 0 Å².